The molecule has 0 spiro atoms. The Morgan fingerprint density at radius 2 is 2.09 bits per heavy atom. The first-order valence-corrected chi connectivity index (χ1v) is 7.89. The molecule has 6 heteroatoms. The van der Waals surface area contributed by atoms with Crippen molar-refractivity contribution in [1.29, 1.82) is 0 Å². The molecule has 0 bridgehead atoms. The van der Waals surface area contributed by atoms with E-state index >= 15 is 0 Å². The fourth-order valence-corrected chi connectivity index (χ4v) is 2.21. The summed E-state index contributed by atoms with van der Waals surface area (Å²) in [7, 11) is 1.63. The van der Waals surface area contributed by atoms with Crippen LogP contribution in [0, 0.1) is 0 Å². The molecule has 0 fully saturated rings. The van der Waals surface area contributed by atoms with Gasteiger partial charge in [0.05, 0.1) is 12.6 Å². The van der Waals surface area contributed by atoms with Crippen LogP contribution in [0.3, 0.4) is 0 Å². The summed E-state index contributed by atoms with van der Waals surface area (Å²) in [6.45, 7) is 2.56. The number of aromatic nitrogens is 2. The van der Waals surface area contributed by atoms with Crippen molar-refractivity contribution in [2.75, 3.05) is 13.7 Å². The van der Waals surface area contributed by atoms with Crippen LogP contribution in [0.5, 0.6) is 0 Å². The van der Waals surface area contributed by atoms with Gasteiger partial charge in [-0.15, -0.1) is 10.2 Å². The molecule has 6 nitrogen and oxygen atoms in total. The summed E-state index contributed by atoms with van der Waals surface area (Å²) in [6, 6.07) is 9.70. The minimum Gasteiger partial charge on any atom is -0.421 e. The number of benzene rings is 1. The van der Waals surface area contributed by atoms with Crippen LogP contribution in [0.1, 0.15) is 32.1 Å². The predicted molar refractivity (Wildman–Crippen MR) is 86.8 cm³/mol. The van der Waals surface area contributed by atoms with Gasteiger partial charge in [-0.05, 0) is 25.0 Å². The zero-order valence-corrected chi connectivity index (χ0v) is 13.6. The predicted octanol–water partition coefficient (Wildman–Crippen LogP) is 2.60. The molecule has 1 aromatic carbocycles. The third-order valence-corrected chi connectivity index (χ3v) is 3.51. The SMILES string of the molecule is CC[C@H](COC)NC(=O)CCCc1nnc(-c2ccccc2)o1. The van der Waals surface area contributed by atoms with Gasteiger partial charge in [0.25, 0.3) is 0 Å². The Bertz CT molecular complexity index is 598. The van der Waals surface area contributed by atoms with Crippen molar-refractivity contribution in [3.8, 4) is 11.5 Å². The van der Waals surface area contributed by atoms with Crippen molar-refractivity contribution >= 4 is 5.91 Å². The maximum atomic E-state index is 11.9. The van der Waals surface area contributed by atoms with Crippen LogP contribution in [-0.4, -0.2) is 35.9 Å². The standard InChI is InChI=1S/C17H23N3O3/c1-3-14(12-22-2)18-15(21)10-7-11-16-19-20-17(23-16)13-8-5-4-6-9-13/h4-6,8-9,14H,3,7,10-12H2,1-2H3,(H,18,21)/t14-/m1/s1. The summed E-state index contributed by atoms with van der Waals surface area (Å²) in [5.74, 6) is 1.09. The van der Waals surface area contributed by atoms with Gasteiger partial charge in [-0.3, -0.25) is 4.79 Å². The van der Waals surface area contributed by atoms with Crippen LogP contribution in [0.15, 0.2) is 34.7 Å². The van der Waals surface area contributed by atoms with Gasteiger partial charge in [0.15, 0.2) is 0 Å². The van der Waals surface area contributed by atoms with Crippen molar-refractivity contribution in [1.82, 2.24) is 15.5 Å². The van der Waals surface area contributed by atoms with E-state index in [2.05, 4.69) is 15.5 Å². The quantitative estimate of drug-likeness (QED) is 0.769. The summed E-state index contributed by atoms with van der Waals surface area (Å²) in [6.07, 6.45) is 2.55. The van der Waals surface area contributed by atoms with E-state index in [-0.39, 0.29) is 11.9 Å². The molecular weight excluding hydrogens is 294 g/mol. The number of nitrogens with one attached hydrogen (secondary N) is 1. The summed E-state index contributed by atoms with van der Waals surface area (Å²) in [5, 5.41) is 11.0. The molecule has 2 aromatic rings. The lowest BCUT2D eigenvalue weighted by Gasteiger charge is -2.15. The van der Waals surface area contributed by atoms with Gasteiger partial charge in [-0.1, -0.05) is 25.1 Å². The van der Waals surface area contributed by atoms with E-state index in [4.69, 9.17) is 9.15 Å². The van der Waals surface area contributed by atoms with E-state index in [1.165, 1.54) is 0 Å². The molecule has 1 N–H and O–H groups in total. The lowest BCUT2D eigenvalue weighted by molar-refractivity contribution is -0.122. The first-order chi connectivity index (χ1) is 11.2. The fraction of sp³-hybridized carbons (Fsp3) is 0.471. The summed E-state index contributed by atoms with van der Waals surface area (Å²) in [5.41, 5.74) is 0.898. The average Bonchev–Trinajstić information content (AvgIpc) is 3.04. The zero-order valence-electron chi connectivity index (χ0n) is 13.6. The molecular formula is C17H23N3O3. The molecule has 1 amide bonds. The van der Waals surface area contributed by atoms with Crippen LogP contribution in [0.2, 0.25) is 0 Å². The molecule has 0 saturated carbocycles. The number of rotatable bonds is 9. The van der Waals surface area contributed by atoms with E-state index < -0.39 is 0 Å². The van der Waals surface area contributed by atoms with Crippen molar-refractivity contribution in [2.45, 2.75) is 38.6 Å². The highest BCUT2D eigenvalue weighted by Crippen LogP contribution is 2.17. The monoisotopic (exact) mass is 317 g/mol. The highest BCUT2D eigenvalue weighted by Gasteiger charge is 2.12. The van der Waals surface area contributed by atoms with Gasteiger partial charge in [0.1, 0.15) is 0 Å². The summed E-state index contributed by atoms with van der Waals surface area (Å²) >= 11 is 0. The molecule has 1 atom stereocenters. The first kappa shape index (κ1) is 17.1. The third-order valence-electron chi connectivity index (χ3n) is 3.51. The molecule has 0 unspecified atom stereocenters. The lowest BCUT2D eigenvalue weighted by atomic mass is 10.2. The van der Waals surface area contributed by atoms with Crippen molar-refractivity contribution < 1.29 is 13.9 Å². The number of methoxy groups -OCH3 is 1. The number of aryl methyl sites for hydroxylation is 1. The van der Waals surface area contributed by atoms with E-state index in [1.54, 1.807) is 7.11 Å². The van der Waals surface area contributed by atoms with Crippen LogP contribution >= 0.6 is 0 Å². The van der Waals surface area contributed by atoms with Gasteiger partial charge < -0.3 is 14.5 Å². The molecule has 0 aliphatic carbocycles. The number of amides is 1. The van der Waals surface area contributed by atoms with Gasteiger partial charge >= 0.3 is 0 Å². The number of carbonyl (C=O) groups excluding carboxylic acids is 1. The van der Waals surface area contributed by atoms with E-state index in [1.807, 2.05) is 37.3 Å². The van der Waals surface area contributed by atoms with Crippen molar-refractivity contribution in [3.05, 3.63) is 36.2 Å². The molecule has 23 heavy (non-hydrogen) atoms. The maximum absolute atomic E-state index is 11.9. The van der Waals surface area contributed by atoms with E-state index in [0.717, 1.165) is 12.0 Å². The Kier molecular flexibility index (Phi) is 6.75. The second-order valence-electron chi connectivity index (χ2n) is 5.35. The molecule has 0 radical (unpaired) electrons. The molecule has 0 saturated heterocycles. The van der Waals surface area contributed by atoms with Crippen LogP contribution in [0.25, 0.3) is 11.5 Å². The van der Waals surface area contributed by atoms with Gasteiger partial charge in [-0.2, -0.15) is 0 Å². The molecule has 0 aliphatic heterocycles. The largest absolute Gasteiger partial charge is 0.421 e. The summed E-state index contributed by atoms with van der Waals surface area (Å²) in [4.78, 5) is 11.9. The van der Waals surface area contributed by atoms with Crippen LogP contribution in [0.4, 0.5) is 0 Å². The number of hydrogen-bond donors (Lipinski definition) is 1. The second-order valence-corrected chi connectivity index (χ2v) is 5.35. The molecule has 1 aromatic heterocycles. The third kappa shape index (κ3) is 5.49. The Labute approximate surface area is 136 Å². The van der Waals surface area contributed by atoms with E-state index in [0.29, 0.717) is 37.7 Å². The van der Waals surface area contributed by atoms with Crippen molar-refractivity contribution in [3.63, 3.8) is 0 Å². The van der Waals surface area contributed by atoms with Gasteiger partial charge in [0, 0.05) is 25.5 Å². The van der Waals surface area contributed by atoms with E-state index in [9.17, 15) is 4.79 Å². The minimum absolute atomic E-state index is 0.0247. The number of ether oxygens (including phenoxy) is 1. The number of carbonyl (C=O) groups is 1. The summed E-state index contributed by atoms with van der Waals surface area (Å²) < 4.78 is 10.7. The number of nitrogens with zero attached hydrogens (tertiary/aromatic N) is 2. The Balaban J connectivity index is 1.76. The fourth-order valence-electron chi connectivity index (χ4n) is 2.21. The highest BCUT2D eigenvalue weighted by molar-refractivity contribution is 5.76. The number of hydrogen-bond acceptors (Lipinski definition) is 5. The molecule has 1 heterocycles. The smallest absolute Gasteiger partial charge is 0.247 e. The maximum Gasteiger partial charge on any atom is 0.247 e. The van der Waals surface area contributed by atoms with Crippen LogP contribution < -0.4 is 5.32 Å². The minimum atomic E-state index is 0.0247. The Morgan fingerprint density at radius 3 is 2.78 bits per heavy atom. The lowest BCUT2D eigenvalue weighted by Crippen LogP contribution is -2.37. The van der Waals surface area contributed by atoms with Crippen molar-refractivity contribution in [2.24, 2.45) is 0 Å². The average molecular weight is 317 g/mol. The van der Waals surface area contributed by atoms with Crippen LogP contribution in [-0.2, 0) is 16.0 Å². The van der Waals surface area contributed by atoms with Gasteiger partial charge in [-0.25, -0.2) is 0 Å². The first-order valence-electron chi connectivity index (χ1n) is 7.89. The molecule has 2 rings (SSSR count). The Morgan fingerprint density at radius 1 is 1.30 bits per heavy atom. The second kappa shape index (κ2) is 9.05. The molecule has 0 aliphatic rings. The zero-order chi connectivity index (χ0) is 16.5. The topological polar surface area (TPSA) is 77.2 Å². The van der Waals surface area contributed by atoms with Gasteiger partial charge in [0.2, 0.25) is 17.7 Å². The highest BCUT2D eigenvalue weighted by atomic mass is 16.5. The normalized spacial score (nSPS) is 12.1. The Hall–Kier alpha value is -2.21. The molecule has 124 valence electrons.